The molecule has 1 fully saturated rings. The molecule has 0 radical (unpaired) electrons. The lowest BCUT2D eigenvalue weighted by atomic mass is 9.86. The number of carboxylic acids is 1. The molecule has 1 saturated heterocycles. The first-order valence-electron chi connectivity index (χ1n) is 8.88. The van der Waals surface area contributed by atoms with Crippen molar-refractivity contribution in [3.63, 3.8) is 0 Å². The second-order valence-electron chi connectivity index (χ2n) is 6.81. The molecule has 1 unspecified atom stereocenters. The van der Waals surface area contributed by atoms with E-state index in [4.69, 9.17) is 4.74 Å². The van der Waals surface area contributed by atoms with E-state index in [2.05, 4.69) is 10.6 Å². The highest BCUT2D eigenvalue weighted by molar-refractivity contribution is 5.98. The summed E-state index contributed by atoms with van der Waals surface area (Å²) in [6, 6.07) is 6.33. The first-order valence-corrected chi connectivity index (χ1v) is 8.88. The zero-order chi connectivity index (χ0) is 19.1. The monoisotopic (exact) mass is 362 g/mol. The first kappa shape index (κ1) is 19.9. The summed E-state index contributed by atoms with van der Waals surface area (Å²) < 4.78 is 5.27. The van der Waals surface area contributed by atoms with E-state index in [0.717, 1.165) is 0 Å². The Morgan fingerprint density at radius 3 is 2.12 bits per heavy atom. The van der Waals surface area contributed by atoms with Crippen molar-refractivity contribution in [3.05, 3.63) is 35.4 Å². The van der Waals surface area contributed by atoms with E-state index in [1.54, 1.807) is 24.3 Å². The molecule has 142 valence electrons. The van der Waals surface area contributed by atoms with Gasteiger partial charge in [-0.15, -0.1) is 0 Å². The van der Waals surface area contributed by atoms with Gasteiger partial charge >= 0.3 is 5.97 Å². The molecule has 1 atom stereocenters. The molecule has 1 aliphatic heterocycles. The molecule has 1 aromatic carbocycles. The topological polar surface area (TPSA) is 105 Å². The quantitative estimate of drug-likeness (QED) is 0.684. The summed E-state index contributed by atoms with van der Waals surface area (Å²) in [5.74, 6) is -2.07. The number of aliphatic carboxylic acids is 1. The molecular formula is C19H26N2O5. The van der Waals surface area contributed by atoms with Crippen LogP contribution in [0.5, 0.6) is 0 Å². The molecule has 0 saturated carbocycles. The molecule has 1 aliphatic rings. The van der Waals surface area contributed by atoms with Gasteiger partial charge in [0.1, 0.15) is 0 Å². The molecule has 2 rings (SSSR count). The normalized spacial score (nSPS) is 16.1. The van der Waals surface area contributed by atoms with Gasteiger partial charge in [0.15, 0.2) is 0 Å². The summed E-state index contributed by atoms with van der Waals surface area (Å²) in [5, 5.41) is 14.9. The van der Waals surface area contributed by atoms with Gasteiger partial charge in [-0.1, -0.05) is 0 Å². The fourth-order valence-corrected chi connectivity index (χ4v) is 3.00. The van der Waals surface area contributed by atoms with Crippen molar-refractivity contribution in [2.75, 3.05) is 19.8 Å². The van der Waals surface area contributed by atoms with Crippen LogP contribution >= 0.6 is 0 Å². The van der Waals surface area contributed by atoms with Gasteiger partial charge < -0.3 is 20.5 Å². The number of carbonyl (C=O) groups is 3. The number of rotatable bonds is 7. The average molecular weight is 362 g/mol. The Morgan fingerprint density at radius 2 is 1.62 bits per heavy atom. The van der Waals surface area contributed by atoms with Crippen molar-refractivity contribution in [1.82, 2.24) is 10.6 Å². The lowest BCUT2D eigenvalue weighted by Gasteiger charge is -2.27. The first-order chi connectivity index (χ1) is 12.4. The standard InChI is InChI=1S/C19H26N2O5/c1-12(2)21-18(23)15-5-3-14(4-6-15)17(22)20-11-16(19(24)25)13-7-9-26-10-8-13/h3-6,12-13,16H,7-11H2,1-2H3,(H,20,22)(H,21,23)(H,24,25). The maximum atomic E-state index is 12.3. The van der Waals surface area contributed by atoms with Crippen LogP contribution in [0.15, 0.2) is 24.3 Å². The SMILES string of the molecule is CC(C)NC(=O)c1ccc(C(=O)NCC(C(=O)O)C2CCOCC2)cc1. The average Bonchev–Trinajstić information content (AvgIpc) is 2.62. The van der Waals surface area contributed by atoms with Crippen LogP contribution in [0.3, 0.4) is 0 Å². The van der Waals surface area contributed by atoms with Gasteiger partial charge in [-0.05, 0) is 56.9 Å². The van der Waals surface area contributed by atoms with Crippen LogP contribution in [0, 0.1) is 11.8 Å². The second-order valence-corrected chi connectivity index (χ2v) is 6.81. The van der Waals surface area contributed by atoms with Crippen molar-refractivity contribution >= 4 is 17.8 Å². The van der Waals surface area contributed by atoms with Crippen LogP contribution < -0.4 is 10.6 Å². The molecule has 0 spiro atoms. The van der Waals surface area contributed by atoms with Gasteiger partial charge in [-0.2, -0.15) is 0 Å². The summed E-state index contributed by atoms with van der Waals surface area (Å²) >= 11 is 0. The fraction of sp³-hybridized carbons (Fsp3) is 0.526. The van der Waals surface area contributed by atoms with Crippen LogP contribution in [0.2, 0.25) is 0 Å². The maximum absolute atomic E-state index is 12.3. The zero-order valence-corrected chi connectivity index (χ0v) is 15.2. The Morgan fingerprint density at radius 1 is 1.08 bits per heavy atom. The summed E-state index contributed by atoms with van der Waals surface area (Å²) in [4.78, 5) is 35.7. The molecule has 1 aromatic rings. The van der Waals surface area contributed by atoms with E-state index >= 15 is 0 Å². The molecule has 1 heterocycles. The highest BCUT2D eigenvalue weighted by atomic mass is 16.5. The van der Waals surface area contributed by atoms with Crippen LogP contribution in [0.4, 0.5) is 0 Å². The summed E-state index contributed by atoms with van der Waals surface area (Å²) in [6.07, 6.45) is 1.37. The van der Waals surface area contributed by atoms with E-state index in [-0.39, 0.29) is 30.3 Å². The van der Waals surface area contributed by atoms with Crippen molar-refractivity contribution in [1.29, 1.82) is 0 Å². The van der Waals surface area contributed by atoms with Crippen LogP contribution in [0.25, 0.3) is 0 Å². The molecule has 0 aliphatic carbocycles. The van der Waals surface area contributed by atoms with E-state index in [1.165, 1.54) is 0 Å². The Balaban J connectivity index is 1.93. The smallest absolute Gasteiger partial charge is 0.308 e. The third-order valence-corrected chi connectivity index (χ3v) is 4.46. The molecule has 2 amide bonds. The number of benzene rings is 1. The summed E-state index contributed by atoms with van der Waals surface area (Å²) in [5.41, 5.74) is 0.864. The molecule has 0 aromatic heterocycles. The maximum Gasteiger partial charge on any atom is 0.308 e. The second kappa shape index (κ2) is 9.33. The molecule has 7 heteroatoms. The molecular weight excluding hydrogens is 336 g/mol. The van der Waals surface area contributed by atoms with Gasteiger partial charge in [0, 0.05) is 36.9 Å². The van der Waals surface area contributed by atoms with Crippen molar-refractivity contribution in [2.45, 2.75) is 32.7 Å². The van der Waals surface area contributed by atoms with Gasteiger partial charge in [0.2, 0.25) is 0 Å². The van der Waals surface area contributed by atoms with Crippen LogP contribution in [-0.2, 0) is 9.53 Å². The predicted molar refractivity (Wildman–Crippen MR) is 96.0 cm³/mol. The van der Waals surface area contributed by atoms with Gasteiger partial charge in [-0.3, -0.25) is 14.4 Å². The van der Waals surface area contributed by atoms with Gasteiger partial charge in [0.05, 0.1) is 5.92 Å². The minimum absolute atomic E-state index is 0.00338. The third kappa shape index (κ3) is 5.56. The number of ether oxygens (including phenoxy) is 1. The van der Waals surface area contributed by atoms with E-state index in [1.807, 2.05) is 13.8 Å². The Labute approximate surface area is 153 Å². The number of carboxylic acid groups (broad SMARTS) is 1. The predicted octanol–water partition coefficient (Wildman–Crippen LogP) is 1.68. The van der Waals surface area contributed by atoms with E-state index in [9.17, 15) is 19.5 Å². The highest BCUT2D eigenvalue weighted by Gasteiger charge is 2.30. The fourth-order valence-electron chi connectivity index (χ4n) is 3.00. The molecule has 0 bridgehead atoms. The van der Waals surface area contributed by atoms with Gasteiger partial charge in [-0.25, -0.2) is 0 Å². The zero-order valence-electron chi connectivity index (χ0n) is 15.2. The lowest BCUT2D eigenvalue weighted by Crippen LogP contribution is -2.39. The summed E-state index contributed by atoms with van der Waals surface area (Å²) in [6.45, 7) is 4.94. The number of carbonyl (C=O) groups excluding carboxylic acids is 2. The third-order valence-electron chi connectivity index (χ3n) is 4.46. The number of hydrogen-bond acceptors (Lipinski definition) is 4. The van der Waals surface area contributed by atoms with Gasteiger partial charge in [0.25, 0.3) is 11.8 Å². The number of hydrogen-bond donors (Lipinski definition) is 3. The molecule has 26 heavy (non-hydrogen) atoms. The van der Waals surface area contributed by atoms with Crippen molar-refractivity contribution in [2.24, 2.45) is 11.8 Å². The van der Waals surface area contributed by atoms with Crippen LogP contribution in [0.1, 0.15) is 47.4 Å². The summed E-state index contributed by atoms with van der Waals surface area (Å²) in [7, 11) is 0. The number of nitrogens with one attached hydrogen (secondary N) is 2. The Hall–Kier alpha value is -2.41. The lowest BCUT2D eigenvalue weighted by molar-refractivity contribution is -0.144. The minimum atomic E-state index is -0.905. The highest BCUT2D eigenvalue weighted by Crippen LogP contribution is 2.23. The molecule has 3 N–H and O–H groups in total. The Bertz CT molecular complexity index is 636. The van der Waals surface area contributed by atoms with E-state index in [0.29, 0.717) is 37.2 Å². The largest absolute Gasteiger partial charge is 0.481 e. The minimum Gasteiger partial charge on any atom is -0.481 e. The molecule has 7 nitrogen and oxygen atoms in total. The number of amides is 2. The van der Waals surface area contributed by atoms with Crippen molar-refractivity contribution in [3.8, 4) is 0 Å². The van der Waals surface area contributed by atoms with Crippen molar-refractivity contribution < 1.29 is 24.2 Å². The Kier molecular flexibility index (Phi) is 7.15. The van der Waals surface area contributed by atoms with Crippen LogP contribution in [-0.4, -0.2) is 48.7 Å². The van der Waals surface area contributed by atoms with E-state index < -0.39 is 11.9 Å².